The number of hydrogen-bond acceptors (Lipinski definition) is 6. The van der Waals surface area contributed by atoms with Gasteiger partial charge in [-0.3, -0.25) is 0 Å². The minimum atomic E-state index is -1.55. The Morgan fingerprint density at radius 2 is 0.960 bits per heavy atom. The molecule has 0 unspecified atom stereocenters. The average Bonchev–Trinajstić information content (AvgIpc) is 2.52. The molecule has 0 aliphatic carbocycles. The van der Waals surface area contributed by atoms with E-state index < -0.39 is 23.9 Å². The van der Waals surface area contributed by atoms with Crippen molar-refractivity contribution < 1.29 is 39.6 Å². The van der Waals surface area contributed by atoms with Crippen molar-refractivity contribution in [1.82, 2.24) is 0 Å². The fourth-order valence-electron chi connectivity index (χ4n) is 0.279. The summed E-state index contributed by atoms with van der Waals surface area (Å²) in [6, 6.07) is 0. The second kappa shape index (κ2) is 30.1. The van der Waals surface area contributed by atoms with Gasteiger partial charge in [-0.25, -0.2) is 9.59 Å². The summed E-state index contributed by atoms with van der Waals surface area (Å²) in [5.74, 6) is -5.61. The molecule has 9 heteroatoms. The van der Waals surface area contributed by atoms with E-state index in [-0.39, 0.29) is 23.9 Å². The van der Waals surface area contributed by atoms with Crippen LogP contribution in [0, 0.1) is 13.8 Å². The summed E-state index contributed by atoms with van der Waals surface area (Å²) in [7, 11) is 0. The maximum Gasteiger partial charge on any atom is 2.00 e. The molecule has 0 aliphatic heterocycles. The number of hydrogen-bond donors (Lipinski definition) is 2. The Bertz CT molecular complexity index is 329. The van der Waals surface area contributed by atoms with Crippen LogP contribution in [-0.4, -0.2) is 58.0 Å². The van der Waals surface area contributed by atoms with Crippen LogP contribution in [0.25, 0.3) is 0 Å². The molecule has 0 aromatic rings. The second-order valence-electron chi connectivity index (χ2n) is 3.69. The van der Waals surface area contributed by atoms with Crippen molar-refractivity contribution in [2.24, 2.45) is 0 Å². The first-order valence-electron chi connectivity index (χ1n) is 6.91. The zero-order valence-electron chi connectivity index (χ0n) is 14.4. The Morgan fingerprint density at radius 3 is 1.04 bits per heavy atom. The van der Waals surface area contributed by atoms with Crippen LogP contribution in [0.1, 0.15) is 39.5 Å². The smallest absolute Gasteiger partial charge is 0.545 e. The molecule has 0 aromatic carbocycles. The monoisotopic (exact) mass is 464 g/mol. The standard InChI is InChI=1S/2C4H4O4.2C4H9.Sn/c2*5-3(6)1-2-4(7)8;2*1-3-4-2;/h2*1-2H,(H,5,6)(H,7,8);2*1,3-4H2,2H3;/q;;;;+2/p-2/b2*2-1-;;;. The van der Waals surface area contributed by atoms with Gasteiger partial charge in [-0.15, -0.1) is 0 Å². The molecular formula is C16H24O8Sn. The summed E-state index contributed by atoms with van der Waals surface area (Å²) in [5.41, 5.74) is 0. The zero-order chi connectivity index (χ0) is 20.0. The van der Waals surface area contributed by atoms with Crippen molar-refractivity contribution in [1.29, 1.82) is 0 Å². The molecule has 0 aliphatic rings. The Morgan fingerprint density at radius 1 is 0.760 bits per heavy atom. The summed E-state index contributed by atoms with van der Waals surface area (Å²) < 4.78 is 0. The molecule has 2 N–H and O–H groups in total. The molecule has 0 atom stereocenters. The number of unbranched alkanes of at least 4 members (excludes halogenated alkanes) is 2. The molecule has 0 fully saturated rings. The van der Waals surface area contributed by atoms with Crippen LogP contribution in [0.3, 0.4) is 0 Å². The molecule has 0 saturated heterocycles. The summed E-state index contributed by atoms with van der Waals surface area (Å²) >= 11 is 0. The van der Waals surface area contributed by atoms with Crippen molar-refractivity contribution >= 4 is 47.8 Å². The SMILES string of the molecule is O=C(O)/C=C\C(=O)O.O=C([O-])/C=C\C(=O)[O-].[CH2]CCC.[CH2]CCC.[Sn+2]. The maximum absolute atomic E-state index is 9.55. The predicted molar refractivity (Wildman–Crippen MR) is 89.8 cm³/mol. The molecule has 140 valence electrons. The third-order valence-corrected chi connectivity index (χ3v) is 1.43. The van der Waals surface area contributed by atoms with Crippen molar-refractivity contribution in [3.8, 4) is 0 Å². The summed E-state index contributed by atoms with van der Waals surface area (Å²) in [5, 5.41) is 34.5. The van der Waals surface area contributed by atoms with E-state index in [0.29, 0.717) is 24.3 Å². The van der Waals surface area contributed by atoms with Gasteiger partial charge in [-0.05, 0) is 12.2 Å². The van der Waals surface area contributed by atoms with Gasteiger partial charge in [0.25, 0.3) is 0 Å². The fourth-order valence-corrected chi connectivity index (χ4v) is 0.279. The Hall–Kier alpha value is -1.84. The van der Waals surface area contributed by atoms with Crippen LogP contribution in [0.5, 0.6) is 0 Å². The molecule has 25 heavy (non-hydrogen) atoms. The molecule has 0 saturated carbocycles. The average molecular weight is 463 g/mol. The molecule has 0 rings (SSSR count). The molecule has 0 aromatic heterocycles. The quantitative estimate of drug-likeness (QED) is 0.399. The Labute approximate surface area is 165 Å². The van der Waals surface area contributed by atoms with Crippen LogP contribution in [0.15, 0.2) is 24.3 Å². The summed E-state index contributed by atoms with van der Waals surface area (Å²) in [6.45, 7) is 11.4. The van der Waals surface area contributed by atoms with Gasteiger partial charge in [0.1, 0.15) is 0 Å². The van der Waals surface area contributed by atoms with Crippen LogP contribution < -0.4 is 10.2 Å². The maximum atomic E-state index is 9.55. The van der Waals surface area contributed by atoms with E-state index in [1.165, 1.54) is 12.8 Å². The Kier molecular flexibility index (Phi) is 41.5. The third kappa shape index (κ3) is 87.3. The molecule has 8 nitrogen and oxygen atoms in total. The van der Waals surface area contributed by atoms with Gasteiger partial charge in [0.05, 0.1) is 11.9 Å². The first-order valence-corrected chi connectivity index (χ1v) is 6.91. The van der Waals surface area contributed by atoms with E-state index >= 15 is 0 Å². The van der Waals surface area contributed by atoms with Crippen LogP contribution in [0.2, 0.25) is 0 Å². The van der Waals surface area contributed by atoms with Crippen LogP contribution in [0.4, 0.5) is 0 Å². The van der Waals surface area contributed by atoms with Gasteiger partial charge < -0.3 is 30.0 Å². The van der Waals surface area contributed by atoms with E-state index in [1.807, 2.05) is 0 Å². The van der Waals surface area contributed by atoms with Crippen molar-refractivity contribution in [2.75, 3.05) is 0 Å². The number of rotatable bonds is 6. The van der Waals surface area contributed by atoms with Gasteiger partial charge >= 0.3 is 35.8 Å². The van der Waals surface area contributed by atoms with E-state index in [1.54, 1.807) is 0 Å². The number of carbonyl (C=O) groups is 4. The van der Waals surface area contributed by atoms with Gasteiger partial charge in [0, 0.05) is 12.2 Å². The van der Waals surface area contributed by atoms with E-state index in [2.05, 4.69) is 27.7 Å². The largest absolute Gasteiger partial charge is 2.00 e. The molecule has 0 bridgehead atoms. The van der Waals surface area contributed by atoms with E-state index in [0.717, 1.165) is 12.8 Å². The summed E-state index contributed by atoms with van der Waals surface area (Å²) in [4.78, 5) is 37.9. The first kappa shape index (κ1) is 34.5. The minimum absolute atomic E-state index is 0. The van der Waals surface area contributed by atoms with Crippen molar-refractivity contribution in [3.63, 3.8) is 0 Å². The van der Waals surface area contributed by atoms with E-state index in [4.69, 9.17) is 10.2 Å². The molecule has 0 spiro atoms. The predicted octanol–water partition coefficient (Wildman–Crippen LogP) is -0.385. The topological polar surface area (TPSA) is 155 Å². The van der Waals surface area contributed by atoms with Crippen molar-refractivity contribution in [2.45, 2.75) is 39.5 Å². The first-order chi connectivity index (χ1) is 11.1. The molecule has 0 heterocycles. The number of carboxylic acid groups (broad SMARTS) is 4. The number of carboxylic acids is 4. The molecular weight excluding hydrogens is 439 g/mol. The molecule has 4 radical (unpaired) electrons. The molecule has 0 amide bonds. The van der Waals surface area contributed by atoms with Gasteiger partial charge in [-0.1, -0.05) is 53.4 Å². The number of carbonyl (C=O) groups excluding carboxylic acids is 2. The summed E-state index contributed by atoms with van der Waals surface area (Å²) in [6.07, 6.45) is 6.44. The van der Waals surface area contributed by atoms with Crippen molar-refractivity contribution in [3.05, 3.63) is 38.2 Å². The van der Waals surface area contributed by atoms with Crippen LogP contribution >= 0.6 is 0 Å². The normalized spacial score (nSPS) is 8.48. The van der Waals surface area contributed by atoms with Crippen LogP contribution in [-0.2, 0) is 19.2 Å². The fraction of sp³-hybridized carbons (Fsp3) is 0.375. The minimum Gasteiger partial charge on any atom is -0.545 e. The van der Waals surface area contributed by atoms with Gasteiger partial charge in [0.15, 0.2) is 0 Å². The van der Waals surface area contributed by atoms with Gasteiger partial charge in [0.2, 0.25) is 0 Å². The third-order valence-electron chi connectivity index (χ3n) is 1.43. The zero-order valence-corrected chi connectivity index (χ0v) is 17.3. The second-order valence-corrected chi connectivity index (χ2v) is 3.69. The number of aliphatic carboxylic acids is 4. The Balaban J connectivity index is -0.0000000739. The van der Waals surface area contributed by atoms with Gasteiger partial charge in [-0.2, -0.15) is 0 Å². The van der Waals surface area contributed by atoms with E-state index in [9.17, 15) is 29.4 Å².